The summed E-state index contributed by atoms with van der Waals surface area (Å²) >= 11 is 0. The Balaban J connectivity index is 1.38. The van der Waals surface area contributed by atoms with Crippen molar-refractivity contribution in [3.63, 3.8) is 0 Å². The Kier molecular flexibility index (Phi) is 8.48. The SMILES string of the molecule is COc1ccc(CNc2cc(Nc3cc(OC(C)C)c(-c4cnn(C5COC5)c4)cn3)nc(C(C)F)n2)c(OC)c1. The lowest BCUT2D eigenvalue weighted by Crippen LogP contribution is -2.30. The molecule has 4 heterocycles. The molecule has 1 atom stereocenters. The Bertz CT molecular complexity index is 1490. The van der Waals surface area contributed by atoms with E-state index in [0.717, 1.165) is 16.7 Å². The molecule has 1 fully saturated rings. The molecule has 5 rings (SSSR count). The zero-order valence-electron chi connectivity index (χ0n) is 23.7. The molecule has 3 aromatic heterocycles. The highest BCUT2D eigenvalue weighted by Crippen LogP contribution is 2.34. The number of methoxy groups -OCH3 is 2. The molecular formula is C29H34FN7O4. The molecule has 0 bridgehead atoms. The quantitative estimate of drug-likeness (QED) is 0.229. The molecule has 1 saturated heterocycles. The highest BCUT2D eigenvalue weighted by Gasteiger charge is 2.22. The summed E-state index contributed by atoms with van der Waals surface area (Å²) in [6.07, 6.45) is 4.06. The van der Waals surface area contributed by atoms with Crippen LogP contribution < -0.4 is 24.8 Å². The number of aromatic nitrogens is 5. The Labute approximate surface area is 238 Å². The largest absolute Gasteiger partial charge is 0.497 e. The molecule has 11 nitrogen and oxygen atoms in total. The van der Waals surface area contributed by atoms with E-state index in [1.54, 1.807) is 44.8 Å². The molecule has 1 unspecified atom stereocenters. The van der Waals surface area contributed by atoms with E-state index in [1.807, 2.05) is 36.9 Å². The van der Waals surface area contributed by atoms with Gasteiger partial charge in [0.05, 0.1) is 45.8 Å². The maximum absolute atomic E-state index is 14.4. The predicted octanol–water partition coefficient (Wildman–Crippen LogP) is 5.50. The van der Waals surface area contributed by atoms with Crippen LogP contribution in [0.1, 0.15) is 44.4 Å². The third-order valence-corrected chi connectivity index (χ3v) is 6.45. The van der Waals surface area contributed by atoms with Crippen molar-refractivity contribution in [1.29, 1.82) is 0 Å². The zero-order chi connectivity index (χ0) is 28.9. The Morgan fingerprint density at radius 1 is 1.00 bits per heavy atom. The first-order valence-electron chi connectivity index (χ1n) is 13.4. The van der Waals surface area contributed by atoms with Crippen molar-refractivity contribution in [2.45, 2.75) is 45.6 Å². The van der Waals surface area contributed by atoms with E-state index in [4.69, 9.17) is 18.9 Å². The minimum atomic E-state index is -1.37. The third-order valence-electron chi connectivity index (χ3n) is 6.45. The molecule has 0 spiro atoms. The Morgan fingerprint density at radius 2 is 1.80 bits per heavy atom. The number of benzene rings is 1. The number of hydrogen-bond donors (Lipinski definition) is 2. The van der Waals surface area contributed by atoms with Crippen molar-refractivity contribution >= 4 is 17.5 Å². The van der Waals surface area contributed by atoms with Crippen LogP contribution >= 0.6 is 0 Å². The van der Waals surface area contributed by atoms with Crippen molar-refractivity contribution in [2.75, 3.05) is 38.1 Å². The lowest BCUT2D eigenvalue weighted by molar-refractivity contribution is -0.0286. The van der Waals surface area contributed by atoms with Crippen LogP contribution in [-0.2, 0) is 11.3 Å². The van der Waals surface area contributed by atoms with Gasteiger partial charge in [0.1, 0.15) is 34.7 Å². The first-order chi connectivity index (χ1) is 19.8. The number of hydrogen-bond acceptors (Lipinski definition) is 10. The molecule has 41 heavy (non-hydrogen) atoms. The van der Waals surface area contributed by atoms with Gasteiger partial charge >= 0.3 is 0 Å². The smallest absolute Gasteiger partial charge is 0.166 e. The fourth-order valence-corrected chi connectivity index (χ4v) is 4.24. The van der Waals surface area contributed by atoms with Crippen LogP contribution in [0, 0.1) is 0 Å². The average molecular weight is 564 g/mol. The van der Waals surface area contributed by atoms with E-state index in [1.165, 1.54) is 6.92 Å². The topological polar surface area (TPSA) is 117 Å². The highest BCUT2D eigenvalue weighted by atomic mass is 19.1. The van der Waals surface area contributed by atoms with Crippen LogP contribution in [0.5, 0.6) is 17.2 Å². The summed E-state index contributed by atoms with van der Waals surface area (Å²) in [6.45, 7) is 7.01. The van der Waals surface area contributed by atoms with E-state index in [0.29, 0.717) is 54.5 Å². The number of halogens is 1. The van der Waals surface area contributed by atoms with E-state index in [-0.39, 0.29) is 18.0 Å². The van der Waals surface area contributed by atoms with E-state index in [2.05, 4.69) is 30.7 Å². The molecule has 12 heteroatoms. The lowest BCUT2D eigenvalue weighted by atomic mass is 10.1. The van der Waals surface area contributed by atoms with Crippen LogP contribution in [0.25, 0.3) is 11.1 Å². The van der Waals surface area contributed by atoms with Crippen molar-refractivity contribution in [1.82, 2.24) is 24.7 Å². The van der Waals surface area contributed by atoms with Gasteiger partial charge in [-0.2, -0.15) is 5.10 Å². The molecule has 0 aliphatic carbocycles. The van der Waals surface area contributed by atoms with E-state index in [9.17, 15) is 4.39 Å². The summed E-state index contributed by atoms with van der Waals surface area (Å²) in [7, 11) is 3.20. The second-order valence-electron chi connectivity index (χ2n) is 9.90. The highest BCUT2D eigenvalue weighted by molar-refractivity contribution is 5.71. The van der Waals surface area contributed by atoms with E-state index < -0.39 is 6.17 Å². The maximum atomic E-state index is 14.4. The average Bonchev–Trinajstić information content (AvgIpc) is 3.39. The number of pyridine rings is 1. The summed E-state index contributed by atoms with van der Waals surface area (Å²) in [5, 5.41) is 10.9. The van der Waals surface area contributed by atoms with Gasteiger partial charge in [-0.3, -0.25) is 4.68 Å². The van der Waals surface area contributed by atoms with Crippen LogP contribution in [-0.4, -0.2) is 58.3 Å². The minimum absolute atomic E-state index is 0.0434. The minimum Gasteiger partial charge on any atom is -0.497 e. The number of anilines is 3. The monoisotopic (exact) mass is 563 g/mol. The first-order valence-corrected chi connectivity index (χ1v) is 13.4. The molecule has 1 aromatic carbocycles. The molecule has 0 saturated carbocycles. The van der Waals surface area contributed by atoms with Gasteiger partial charge in [-0.15, -0.1) is 0 Å². The van der Waals surface area contributed by atoms with Gasteiger partial charge in [-0.25, -0.2) is 19.3 Å². The van der Waals surface area contributed by atoms with Crippen molar-refractivity contribution in [3.8, 4) is 28.4 Å². The van der Waals surface area contributed by atoms with Crippen LogP contribution in [0.3, 0.4) is 0 Å². The van der Waals surface area contributed by atoms with Crippen molar-refractivity contribution in [2.24, 2.45) is 0 Å². The van der Waals surface area contributed by atoms with Gasteiger partial charge in [-0.05, 0) is 32.9 Å². The predicted molar refractivity (Wildman–Crippen MR) is 153 cm³/mol. The van der Waals surface area contributed by atoms with Crippen LogP contribution in [0.4, 0.5) is 21.8 Å². The summed E-state index contributed by atoms with van der Waals surface area (Å²) in [6, 6.07) is 9.29. The molecule has 216 valence electrons. The van der Waals surface area contributed by atoms with Gasteiger partial charge in [0.25, 0.3) is 0 Å². The summed E-state index contributed by atoms with van der Waals surface area (Å²) < 4.78 is 38.5. The molecule has 1 aliphatic rings. The number of ether oxygens (including phenoxy) is 4. The number of nitrogens with zero attached hydrogens (tertiary/aromatic N) is 5. The standard InChI is InChI=1S/C29H34FN7O4/c1-17(2)41-25-9-26(32-13-23(25)20-12-33-37(14-20)21-15-40-16-21)34-28-10-27(35-29(36-28)18(3)30)31-11-19-6-7-22(38-4)8-24(19)39-5/h6-10,12-14,17-18,21H,11,15-16H2,1-5H3,(H2,31,32,34,35,36). The molecule has 0 radical (unpaired) electrons. The zero-order valence-corrected chi connectivity index (χ0v) is 23.7. The van der Waals surface area contributed by atoms with Gasteiger partial charge in [-0.1, -0.05) is 0 Å². The fourth-order valence-electron chi connectivity index (χ4n) is 4.24. The Hall–Kier alpha value is -4.45. The van der Waals surface area contributed by atoms with Gasteiger partial charge in [0, 0.05) is 53.8 Å². The molecular weight excluding hydrogens is 529 g/mol. The summed E-state index contributed by atoms with van der Waals surface area (Å²) in [5.41, 5.74) is 2.59. The van der Waals surface area contributed by atoms with Crippen molar-refractivity contribution in [3.05, 3.63) is 60.3 Å². The molecule has 0 amide bonds. The first kappa shape index (κ1) is 28.1. The molecule has 2 N–H and O–H groups in total. The molecule has 4 aromatic rings. The van der Waals surface area contributed by atoms with Gasteiger partial charge in [0.15, 0.2) is 12.0 Å². The van der Waals surface area contributed by atoms with E-state index >= 15 is 0 Å². The third kappa shape index (κ3) is 6.65. The number of nitrogens with one attached hydrogen (secondary N) is 2. The number of rotatable bonds is 12. The van der Waals surface area contributed by atoms with Gasteiger partial charge < -0.3 is 29.6 Å². The Morgan fingerprint density at radius 3 is 2.49 bits per heavy atom. The normalized spacial score (nSPS) is 13.9. The summed E-state index contributed by atoms with van der Waals surface area (Å²) in [4.78, 5) is 13.3. The second kappa shape index (κ2) is 12.4. The van der Waals surface area contributed by atoms with Crippen molar-refractivity contribution < 1.29 is 23.3 Å². The number of alkyl halides is 1. The fraction of sp³-hybridized carbons (Fsp3) is 0.379. The lowest BCUT2D eigenvalue weighted by Gasteiger charge is -2.25. The summed E-state index contributed by atoms with van der Waals surface area (Å²) in [5.74, 6) is 3.36. The van der Waals surface area contributed by atoms with Crippen LogP contribution in [0.15, 0.2) is 48.9 Å². The van der Waals surface area contributed by atoms with Gasteiger partial charge in [0.2, 0.25) is 0 Å². The van der Waals surface area contributed by atoms with Crippen LogP contribution in [0.2, 0.25) is 0 Å². The molecule has 1 aliphatic heterocycles. The second-order valence-corrected chi connectivity index (χ2v) is 9.90. The maximum Gasteiger partial charge on any atom is 0.166 e.